The van der Waals surface area contributed by atoms with E-state index in [4.69, 9.17) is 4.74 Å². The lowest BCUT2D eigenvalue weighted by molar-refractivity contribution is -0.0512. The fourth-order valence-electron chi connectivity index (χ4n) is 1.91. The second-order valence-electron chi connectivity index (χ2n) is 4.45. The number of benzene rings is 1. The molecule has 5 nitrogen and oxygen atoms in total. The lowest BCUT2D eigenvalue weighted by atomic mass is 10.2. The third kappa shape index (κ3) is 4.42. The molecule has 1 heterocycles. The molecule has 0 spiro atoms. The summed E-state index contributed by atoms with van der Waals surface area (Å²) in [5, 5.41) is 7.43. The third-order valence-corrected chi connectivity index (χ3v) is 2.85. The molecule has 0 aliphatic rings. The first kappa shape index (κ1) is 15.2. The average Bonchev–Trinajstić information content (AvgIpc) is 2.84. The van der Waals surface area contributed by atoms with E-state index in [1.54, 1.807) is 16.8 Å². The summed E-state index contributed by atoms with van der Waals surface area (Å²) in [5.74, 6) is 0.313. The van der Waals surface area contributed by atoms with Crippen LogP contribution in [-0.4, -0.2) is 23.5 Å². The molecular weight excluding hydrogens is 280 g/mol. The highest BCUT2D eigenvalue weighted by molar-refractivity contribution is 5.43. The van der Waals surface area contributed by atoms with Crippen LogP contribution in [0.25, 0.3) is 0 Å². The van der Waals surface area contributed by atoms with E-state index in [-0.39, 0.29) is 11.5 Å². The monoisotopic (exact) mass is 297 g/mol. The van der Waals surface area contributed by atoms with Gasteiger partial charge in [-0.1, -0.05) is 6.07 Å². The van der Waals surface area contributed by atoms with E-state index in [0.29, 0.717) is 13.1 Å². The average molecular weight is 297 g/mol. The number of nitrogens with one attached hydrogen (secondary N) is 1. The summed E-state index contributed by atoms with van der Waals surface area (Å²) >= 11 is 0. The van der Waals surface area contributed by atoms with E-state index in [2.05, 4.69) is 15.2 Å². The minimum Gasteiger partial charge on any atom is -0.493 e. The number of hydrogen-bond donors (Lipinski definition) is 1. The van der Waals surface area contributed by atoms with Gasteiger partial charge >= 0.3 is 6.61 Å². The molecule has 0 bridgehead atoms. The summed E-state index contributed by atoms with van der Waals surface area (Å²) < 4.78 is 35.8. The number of nitrogens with zero attached hydrogens (tertiary/aromatic N) is 2. The number of hydrogen-bond acceptors (Lipinski definition) is 4. The van der Waals surface area contributed by atoms with Crippen molar-refractivity contribution >= 4 is 0 Å². The van der Waals surface area contributed by atoms with Crippen LogP contribution in [0.15, 0.2) is 30.5 Å². The molecule has 0 aliphatic heterocycles. The van der Waals surface area contributed by atoms with Crippen LogP contribution in [0.5, 0.6) is 11.5 Å². The molecule has 1 aromatic carbocycles. The Morgan fingerprint density at radius 2 is 2.05 bits per heavy atom. The van der Waals surface area contributed by atoms with Crippen molar-refractivity contribution in [2.45, 2.75) is 19.7 Å². The lowest BCUT2D eigenvalue weighted by Crippen LogP contribution is -2.13. The molecule has 0 saturated carbocycles. The third-order valence-electron chi connectivity index (χ3n) is 2.85. The van der Waals surface area contributed by atoms with Gasteiger partial charge in [-0.3, -0.25) is 4.68 Å². The standard InChI is InChI=1S/C14H17F2N3O2/c1-19-6-5-11(18-19)9-17-8-10-3-4-12(20-2)13(7-10)21-14(15)16/h3-7,14,17H,8-9H2,1-2H3. The van der Waals surface area contributed by atoms with Gasteiger partial charge in [0, 0.05) is 26.3 Å². The molecule has 0 radical (unpaired) electrons. The molecule has 21 heavy (non-hydrogen) atoms. The number of halogens is 2. The van der Waals surface area contributed by atoms with Crippen LogP contribution in [0.3, 0.4) is 0 Å². The number of methoxy groups -OCH3 is 1. The van der Waals surface area contributed by atoms with Gasteiger partial charge in [-0.05, 0) is 23.8 Å². The zero-order valence-electron chi connectivity index (χ0n) is 11.8. The van der Waals surface area contributed by atoms with Crippen molar-refractivity contribution in [2.24, 2.45) is 7.05 Å². The topological polar surface area (TPSA) is 48.3 Å². The fraction of sp³-hybridized carbons (Fsp3) is 0.357. The van der Waals surface area contributed by atoms with Crippen LogP contribution in [-0.2, 0) is 20.1 Å². The van der Waals surface area contributed by atoms with E-state index in [9.17, 15) is 8.78 Å². The second-order valence-corrected chi connectivity index (χ2v) is 4.45. The van der Waals surface area contributed by atoms with E-state index in [0.717, 1.165) is 11.3 Å². The Balaban J connectivity index is 1.96. The molecule has 7 heteroatoms. The molecule has 0 amide bonds. The molecule has 1 aromatic heterocycles. The Labute approximate surface area is 121 Å². The van der Waals surface area contributed by atoms with Crippen molar-refractivity contribution in [2.75, 3.05) is 7.11 Å². The van der Waals surface area contributed by atoms with Crippen LogP contribution in [0.1, 0.15) is 11.3 Å². The minimum absolute atomic E-state index is 0.0321. The van der Waals surface area contributed by atoms with Crippen molar-refractivity contribution < 1.29 is 18.3 Å². The van der Waals surface area contributed by atoms with Crippen molar-refractivity contribution in [3.8, 4) is 11.5 Å². The SMILES string of the molecule is COc1ccc(CNCc2ccn(C)n2)cc1OC(F)F. The molecule has 0 aliphatic carbocycles. The summed E-state index contributed by atoms with van der Waals surface area (Å²) in [4.78, 5) is 0. The van der Waals surface area contributed by atoms with Gasteiger partial charge in [-0.2, -0.15) is 13.9 Å². The Bertz CT molecular complexity index is 587. The van der Waals surface area contributed by atoms with Crippen molar-refractivity contribution in [1.82, 2.24) is 15.1 Å². The summed E-state index contributed by atoms with van der Waals surface area (Å²) in [7, 11) is 3.26. The van der Waals surface area contributed by atoms with Crippen molar-refractivity contribution in [3.63, 3.8) is 0 Å². The van der Waals surface area contributed by atoms with Crippen LogP contribution in [0, 0.1) is 0 Å². The number of alkyl halides is 2. The molecule has 114 valence electrons. The number of aryl methyl sites for hydroxylation is 1. The summed E-state index contributed by atoms with van der Waals surface area (Å²) in [6.07, 6.45) is 1.86. The normalized spacial score (nSPS) is 10.9. The van der Waals surface area contributed by atoms with Gasteiger partial charge in [-0.15, -0.1) is 0 Å². The maximum atomic E-state index is 12.3. The maximum Gasteiger partial charge on any atom is 0.387 e. The summed E-state index contributed by atoms with van der Waals surface area (Å²) in [6, 6.07) is 6.85. The highest BCUT2D eigenvalue weighted by Crippen LogP contribution is 2.29. The zero-order valence-corrected chi connectivity index (χ0v) is 11.8. The number of aromatic nitrogens is 2. The van der Waals surface area contributed by atoms with Crippen molar-refractivity contribution in [1.29, 1.82) is 0 Å². The Kier molecular flexibility index (Phi) is 5.10. The van der Waals surface area contributed by atoms with Crippen molar-refractivity contribution in [3.05, 3.63) is 41.7 Å². The largest absolute Gasteiger partial charge is 0.493 e. The van der Waals surface area contributed by atoms with Gasteiger partial charge in [0.15, 0.2) is 11.5 Å². The lowest BCUT2D eigenvalue weighted by Gasteiger charge is -2.11. The molecular formula is C14H17F2N3O2. The molecule has 1 N–H and O–H groups in total. The van der Waals surface area contributed by atoms with Gasteiger partial charge in [-0.25, -0.2) is 0 Å². The smallest absolute Gasteiger partial charge is 0.387 e. The highest BCUT2D eigenvalue weighted by atomic mass is 19.3. The Morgan fingerprint density at radius 1 is 1.24 bits per heavy atom. The fourth-order valence-corrected chi connectivity index (χ4v) is 1.91. The maximum absolute atomic E-state index is 12.3. The minimum atomic E-state index is -2.88. The predicted octanol–water partition coefficient (Wildman–Crippen LogP) is 2.32. The molecule has 2 rings (SSSR count). The van der Waals surface area contributed by atoms with Crippen LogP contribution >= 0.6 is 0 Å². The van der Waals surface area contributed by atoms with Crippen LogP contribution in [0.2, 0.25) is 0 Å². The Morgan fingerprint density at radius 3 is 2.67 bits per heavy atom. The van der Waals surface area contributed by atoms with E-state index in [1.165, 1.54) is 13.2 Å². The van der Waals surface area contributed by atoms with Crippen LogP contribution in [0.4, 0.5) is 8.78 Å². The number of rotatable bonds is 7. The summed E-state index contributed by atoms with van der Waals surface area (Å²) in [5.41, 5.74) is 1.73. The van der Waals surface area contributed by atoms with Crippen LogP contribution < -0.4 is 14.8 Å². The number of ether oxygens (including phenoxy) is 2. The van der Waals surface area contributed by atoms with Gasteiger partial charge in [0.05, 0.1) is 12.8 Å². The van der Waals surface area contributed by atoms with Gasteiger partial charge in [0.2, 0.25) is 0 Å². The second kappa shape index (κ2) is 7.03. The molecule has 0 unspecified atom stereocenters. The summed E-state index contributed by atoms with van der Waals surface area (Å²) in [6.45, 7) is -1.77. The zero-order chi connectivity index (χ0) is 15.2. The molecule has 0 atom stereocenters. The van der Waals surface area contributed by atoms with E-state index < -0.39 is 6.61 Å². The van der Waals surface area contributed by atoms with E-state index in [1.807, 2.05) is 19.3 Å². The predicted molar refractivity (Wildman–Crippen MR) is 73.4 cm³/mol. The first-order valence-electron chi connectivity index (χ1n) is 6.39. The molecule has 2 aromatic rings. The first-order chi connectivity index (χ1) is 10.1. The Hall–Kier alpha value is -2.15. The quantitative estimate of drug-likeness (QED) is 0.852. The van der Waals surface area contributed by atoms with Gasteiger partial charge < -0.3 is 14.8 Å². The molecule has 0 saturated heterocycles. The van der Waals surface area contributed by atoms with E-state index >= 15 is 0 Å². The first-order valence-corrected chi connectivity index (χ1v) is 6.39. The van der Waals surface area contributed by atoms with Gasteiger partial charge in [0.1, 0.15) is 0 Å². The highest BCUT2D eigenvalue weighted by Gasteiger charge is 2.11. The van der Waals surface area contributed by atoms with Gasteiger partial charge in [0.25, 0.3) is 0 Å². The molecule has 0 fully saturated rings.